The summed E-state index contributed by atoms with van der Waals surface area (Å²) < 4.78 is 40.9. The van der Waals surface area contributed by atoms with Crippen LogP contribution in [0.2, 0.25) is 5.28 Å². The third-order valence-electron chi connectivity index (χ3n) is 5.87. The largest absolute Gasteiger partial charge is 0.416 e. The number of hydrogen-bond acceptors (Lipinski definition) is 3. The van der Waals surface area contributed by atoms with Crippen LogP contribution < -0.4 is 4.90 Å². The SMILES string of the molecule is FC(F)(F)c1cccc(N2CCN(CCCCCn3c(Cl)nc4ccccc43)CC2)c1. The molecule has 1 saturated heterocycles. The number of unbranched alkanes of at least 4 members (excludes halogenated alkanes) is 2. The average Bonchev–Trinajstić information content (AvgIpc) is 3.08. The summed E-state index contributed by atoms with van der Waals surface area (Å²) in [5, 5.41) is 0.534. The van der Waals surface area contributed by atoms with Crippen molar-refractivity contribution in [3.63, 3.8) is 0 Å². The van der Waals surface area contributed by atoms with E-state index in [9.17, 15) is 13.2 Å². The molecule has 0 N–H and O–H groups in total. The summed E-state index contributed by atoms with van der Waals surface area (Å²) in [5.74, 6) is 0. The Hall–Kier alpha value is -2.25. The lowest BCUT2D eigenvalue weighted by atomic mass is 10.1. The van der Waals surface area contributed by atoms with Crippen molar-refractivity contribution in [2.24, 2.45) is 0 Å². The molecule has 1 aliphatic heterocycles. The molecule has 8 heteroatoms. The van der Waals surface area contributed by atoms with E-state index in [2.05, 4.69) is 14.5 Å². The number of imidazole rings is 1. The summed E-state index contributed by atoms with van der Waals surface area (Å²) in [5.41, 5.74) is 2.06. The molecule has 0 radical (unpaired) electrons. The van der Waals surface area contributed by atoms with Crippen molar-refractivity contribution >= 4 is 28.3 Å². The third-order valence-corrected chi connectivity index (χ3v) is 6.16. The van der Waals surface area contributed by atoms with Gasteiger partial charge in [0.1, 0.15) is 0 Å². The number of hydrogen-bond donors (Lipinski definition) is 0. The fourth-order valence-electron chi connectivity index (χ4n) is 4.15. The molecule has 0 aliphatic carbocycles. The molecule has 0 bridgehead atoms. The normalized spacial score (nSPS) is 15.7. The van der Waals surface area contributed by atoms with Crippen LogP contribution in [0.1, 0.15) is 24.8 Å². The molecule has 31 heavy (non-hydrogen) atoms. The Kier molecular flexibility index (Phi) is 6.72. The number of nitrogens with zero attached hydrogens (tertiary/aromatic N) is 4. The summed E-state index contributed by atoms with van der Waals surface area (Å²) >= 11 is 6.28. The van der Waals surface area contributed by atoms with Crippen molar-refractivity contribution in [1.29, 1.82) is 0 Å². The van der Waals surface area contributed by atoms with Gasteiger partial charge in [-0.2, -0.15) is 13.2 Å². The molecule has 0 unspecified atom stereocenters. The molecular formula is C23H26ClF3N4. The van der Waals surface area contributed by atoms with Gasteiger partial charge in [-0.25, -0.2) is 4.98 Å². The average molecular weight is 451 g/mol. The van der Waals surface area contributed by atoms with Gasteiger partial charge in [-0.05, 0) is 61.3 Å². The number of halogens is 4. The molecule has 1 aliphatic rings. The van der Waals surface area contributed by atoms with Crippen molar-refractivity contribution in [3.8, 4) is 0 Å². The van der Waals surface area contributed by atoms with Gasteiger partial charge in [0.05, 0.1) is 16.6 Å². The van der Waals surface area contributed by atoms with Gasteiger partial charge in [0.15, 0.2) is 0 Å². The smallest absolute Gasteiger partial charge is 0.369 e. The quantitative estimate of drug-likeness (QED) is 0.431. The Morgan fingerprint density at radius 1 is 0.871 bits per heavy atom. The number of alkyl halides is 3. The maximum Gasteiger partial charge on any atom is 0.416 e. The van der Waals surface area contributed by atoms with Gasteiger partial charge in [0, 0.05) is 38.4 Å². The van der Waals surface area contributed by atoms with Gasteiger partial charge in [-0.3, -0.25) is 4.90 Å². The predicted molar refractivity (Wildman–Crippen MR) is 119 cm³/mol. The van der Waals surface area contributed by atoms with Crippen LogP contribution in [-0.2, 0) is 12.7 Å². The lowest BCUT2D eigenvalue weighted by Gasteiger charge is -2.36. The van der Waals surface area contributed by atoms with Crippen molar-refractivity contribution < 1.29 is 13.2 Å². The highest BCUT2D eigenvalue weighted by Gasteiger charge is 2.31. The highest BCUT2D eigenvalue weighted by atomic mass is 35.5. The minimum absolute atomic E-state index is 0.534. The highest BCUT2D eigenvalue weighted by molar-refractivity contribution is 6.29. The van der Waals surface area contributed by atoms with Crippen molar-refractivity contribution in [1.82, 2.24) is 14.5 Å². The van der Waals surface area contributed by atoms with Crippen LogP contribution in [0.4, 0.5) is 18.9 Å². The summed E-state index contributed by atoms with van der Waals surface area (Å²) in [6, 6.07) is 13.6. The van der Waals surface area contributed by atoms with E-state index in [0.29, 0.717) is 11.0 Å². The number of piperazine rings is 1. The second-order valence-corrected chi connectivity index (χ2v) is 8.30. The van der Waals surface area contributed by atoms with Crippen molar-refractivity contribution in [2.45, 2.75) is 32.0 Å². The summed E-state index contributed by atoms with van der Waals surface area (Å²) in [6.07, 6.45) is -1.08. The molecule has 1 fully saturated rings. The molecule has 0 amide bonds. The molecule has 0 saturated carbocycles. The van der Waals surface area contributed by atoms with Crippen LogP contribution in [-0.4, -0.2) is 47.2 Å². The Labute approximate surface area is 185 Å². The number of aromatic nitrogens is 2. The Morgan fingerprint density at radius 3 is 2.39 bits per heavy atom. The first-order valence-electron chi connectivity index (χ1n) is 10.7. The molecule has 2 heterocycles. The van der Waals surface area contributed by atoms with Gasteiger partial charge in [0.25, 0.3) is 0 Å². The summed E-state index contributed by atoms with van der Waals surface area (Å²) in [7, 11) is 0. The van der Waals surface area contributed by atoms with E-state index in [1.165, 1.54) is 12.1 Å². The Balaban J connectivity index is 1.19. The zero-order chi connectivity index (χ0) is 21.8. The standard InChI is InChI=1S/C23H26ClF3N4/c24-22-28-20-9-2-3-10-21(20)31(22)12-5-1-4-11-29-13-15-30(16-14-29)19-8-6-7-18(17-19)23(25,26)27/h2-3,6-10,17H,1,4-5,11-16H2. The second kappa shape index (κ2) is 9.49. The first-order chi connectivity index (χ1) is 14.9. The lowest BCUT2D eigenvalue weighted by Crippen LogP contribution is -2.46. The molecule has 3 aromatic rings. The third kappa shape index (κ3) is 5.33. The molecule has 0 atom stereocenters. The minimum atomic E-state index is -4.30. The van der Waals surface area contributed by atoms with Crippen LogP contribution in [0, 0.1) is 0 Å². The number of benzene rings is 2. The minimum Gasteiger partial charge on any atom is -0.369 e. The van der Waals surface area contributed by atoms with E-state index in [1.54, 1.807) is 6.07 Å². The Morgan fingerprint density at radius 2 is 1.61 bits per heavy atom. The fourth-order valence-corrected chi connectivity index (χ4v) is 4.42. The fraction of sp³-hybridized carbons (Fsp3) is 0.435. The first kappa shape index (κ1) is 22.0. The van der Waals surface area contributed by atoms with Crippen LogP contribution in [0.25, 0.3) is 11.0 Å². The topological polar surface area (TPSA) is 24.3 Å². The molecule has 4 nitrogen and oxygen atoms in total. The van der Waals surface area contributed by atoms with Gasteiger partial charge in [-0.1, -0.05) is 24.6 Å². The van der Waals surface area contributed by atoms with Gasteiger partial charge in [-0.15, -0.1) is 0 Å². The predicted octanol–water partition coefficient (Wildman–Crippen LogP) is 5.70. The molecule has 0 spiro atoms. The maximum atomic E-state index is 12.9. The van der Waals surface area contributed by atoms with Crippen LogP contribution in [0.15, 0.2) is 48.5 Å². The highest BCUT2D eigenvalue weighted by Crippen LogP contribution is 2.32. The molecule has 1 aromatic heterocycles. The van der Waals surface area contributed by atoms with E-state index in [-0.39, 0.29) is 0 Å². The first-order valence-corrected chi connectivity index (χ1v) is 11.0. The van der Waals surface area contributed by atoms with E-state index in [4.69, 9.17) is 11.6 Å². The molecule has 4 rings (SSSR count). The number of aryl methyl sites for hydroxylation is 1. The number of para-hydroxylation sites is 2. The van der Waals surface area contributed by atoms with Gasteiger partial charge < -0.3 is 9.47 Å². The lowest BCUT2D eigenvalue weighted by molar-refractivity contribution is -0.137. The monoisotopic (exact) mass is 450 g/mol. The number of fused-ring (bicyclic) bond motifs is 1. The maximum absolute atomic E-state index is 12.9. The van der Waals surface area contributed by atoms with E-state index >= 15 is 0 Å². The summed E-state index contributed by atoms with van der Waals surface area (Å²) in [4.78, 5) is 8.82. The number of rotatable bonds is 7. The number of anilines is 1. The second-order valence-electron chi connectivity index (χ2n) is 7.96. The molecule has 2 aromatic carbocycles. The van der Waals surface area contributed by atoms with E-state index in [0.717, 1.165) is 75.6 Å². The van der Waals surface area contributed by atoms with Gasteiger partial charge in [0.2, 0.25) is 5.28 Å². The molecular weight excluding hydrogens is 425 g/mol. The molecule has 166 valence electrons. The Bertz CT molecular complexity index is 1010. The van der Waals surface area contributed by atoms with Crippen LogP contribution >= 0.6 is 11.6 Å². The van der Waals surface area contributed by atoms with Crippen molar-refractivity contribution in [2.75, 3.05) is 37.6 Å². The van der Waals surface area contributed by atoms with Gasteiger partial charge >= 0.3 is 6.18 Å². The zero-order valence-corrected chi connectivity index (χ0v) is 18.0. The van der Waals surface area contributed by atoms with E-state index in [1.807, 2.05) is 29.2 Å². The van der Waals surface area contributed by atoms with Crippen LogP contribution in [0.5, 0.6) is 0 Å². The zero-order valence-electron chi connectivity index (χ0n) is 17.3. The van der Waals surface area contributed by atoms with Crippen molar-refractivity contribution in [3.05, 3.63) is 59.4 Å². The van der Waals surface area contributed by atoms with E-state index < -0.39 is 11.7 Å². The van der Waals surface area contributed by atoms with Crippen LogP contribution in [0.3, 0.4) is 0 Å². The summed E-state index contributed by atoms with van der Waals surface area (Å²) in [6.45, 7) is 5.09.